The smallest absolute Gasteiger partial charge is 0.417 e. The van der Waals surface area contributed by atoms with Crippen LogP contribution in [0.4, 0.5) is 4.79 Å². The highest BCUT2D eigenvalue weighted by Crippen LogP contribution is 2.29. The predicted octanol–water partition coefficient (Wildman–Crippen LogP) is 4.87. The Hall–Kier alpha value is -3.08. The van der Waals surface area contributed by atoms with Crippen LogP contribution in [0, 0.1) is 0 Å². The van der Waals surface area contributed by atoms with Crippen molar-refractivity contribution < 1.29 is 19.4 Å². The van der Waals surface area contributed by atoms with Crippen LogP contribution < -0.4 is 0 Å². The molecule has 0 radical (unpaired) electrons. The van der Waals surface area contributed by atoms with Crippen molar-refractivity contribution in [3.63, 3.8) is 0 Å². The van der Waals surface area contributed by atoms with Gasteiger partial charge in [0.1, 0.15) is 5.60 Å². The van der Waals surface area contributed by atoms with E-state index in [0.29, 0.717) is 12.8 Å². The number of hydrogen-bond acceptors (Lipinski definition) is 4. The largest absolute Gasteiger partial charge is 0.515 e. The Morgan fingerprint density at radius 1 is 1.11 bits per heavy atom. The molecule has 146 valence electrons. The van der Waals surface area contributed by atoms with E-state index in [2.05, 4.69) is 0 Å². The van der Waals surface area contributed by atoms with E-state index in [-0.39, 0.29) is 11.6 Å². The van der Waals surface area contributed by atoms with Crippen LogP contribution in [-0.2, 0) is 16.0 Å². The second-order valence-corrected chi connectivity index (χ2v) is 7.93. The normalized spacial score (nSPS) is 18.5. The van der Waals surface area contributed by atoms with E-state index in [4.69, 9.17) is 4.74 Å². The first-order valence-electron chi connectivity index (χ1n) is 9.32. The van der Waals surface area contributed by atoms with Gasteiger partial charge in [-0.3, -0.25) is 4.79 Å². The number of ether oxygens (including phenoxy) is 1. The van der Waals surface area contributed by atoms with E-state index in [0.717, 1.165) is 27.9 Å². The third-order valence-electron chi connectivity index (χ3n) is 4.59. The summed E-state index contributed by atoms with van der Waals surface area (Å²) in [6.45, 7) is 5.27. The highest BCUT2D eigenvalue weighted by Gasteiger charge is 2.41. The fourth-order valence-corrected chi connectivity index (χ4v) is 3.30. The van der Waals surface area contributed by atoms with Crippen molar-refractivity contribution in [2.45, 2.75) is 45.3 Å². The number of aliphatic hydroxyl groups is 1. The third kappa shape index (κ3) is 4.42. The SMILES string of the molecule is CC(C)(C)OC(=O)N1C(=O)/C(=C/O)C[C@H]1Cc1ccc(-c2ccccc2)cc1. The van der Waals surface area contributed by atoms with E-state index in [9.17, 15) is 14.7 Å². The number of likely N-dealkylation sites (tertiary alicyclic amines) is 1. The lowest BCUT2D eigenvalue weighted by Crippen LogP contribution is -2.43. The highest BCUT2D eigenvalue weighted by molar-refractivity contribution is 6.05. The molecule has 0 spiro atoms. The maximum atomic E-state index is 12.5. The molecule has 2 aromatic carbocycles. The average Bonchev–Trinajstić information content (AvgIpc) is 2.97. The van der Waals surface area contributed by atoms with Crippen LogP contribution in [0.3, 0.4) is 0 Å². The van der Waals surface area contributed by atoms with Crippen LogP contribution in [0.25, 0.3) is 11.1 Å². The monoisotopic (exact) mass is 379 g/mol. The van der Waals surface area contributed by atoms with E-state index in [1.807, 2.05) is 54.6 Å². The summed E-state index contributed by atoms with van der Waals surface area (Å²) >= 11 is 0. The summed E-state index contributed by atoms with van der Waals surface area (Å²) in [4.78, 5) is 26.2. The number of carbonyl (C=O) groups is 2. The van der Waals surface area contributed by atoms with Crippen molar-refractivity contribution >= 4 is 12.0 Å². The number of imide groups is 1. The number of hydrogen-bond donors (Lipinski definition) is 1. The predicted molar refractivity (Wildman–Crippen MR) is 108 cm³/mol. The molecule has 1 aliphatic rings. The van der Waals surface area contributed by atoms with Crippen LogP contribution in [0.2, 0.25) is 0 Å². The van der Waals surface area contributed by atoms with Gasteiger partial charge in [0.25, 0.3) is 5.91 Å². The number of rotatable bonds is 3. The molecule has 2 aromatic rings. The van der Waals surface area contributed by atoms with Gasteiger partial charge < -0.3 is 9.84 Å². The Balaban J connectivity index is 1.79. The van der Waals surface area contributed by atoms with Crippen molar-refractivity contribution in [1.29, 1.82) is 0 Å². The lowest BCUT2D eigenvalue weighted by Gasteiger charge is -2.27. The number of nitrogens with zero attached hydrogens (tertiary/aromatic N) is 1. The molecule has 1 N–H and O–H groups in total. The fraction of sp³-hybridized carbons (Fsp3) is 0.304. The molecular formula is C23H25NO4. The van der Waals surface area contributed by atoms with Gasteiger partial charge in [0.05, 0.1) is 17.9 Å². The highest BCUT2D eigenvalue weighted by atomic mass is 16.6. The Morgan fingerprint density at radius 3 is 2.29 bits per heavy atom. The van der Waals surface area contributed by atoms with Crippen molar-refractivity contribution in [2.75, 3.05) is 0 Å². The molecule has 2 amide bonds. The summed E-state index contributed by atoms with van der Waals surface area (Å²) < 4.78 is 5.39. The molecule has 1 fully saturated rings. The standard InChI is InChI=1S/C23H25NO4/c1-23(2,3)28-22(27)24-20(14-19(15-25)21(24)26)13-16-9-11-18(12-10-16)17-7-5-4-6-8-17/h4-12,15,20,25H,13-14H2,1-3H3/b19-15+/t20-/m1/s1. The van der Waals surface area contributed by atoms with Crippen molar-refractivity contribution in [3.8, 4) is 11.1 Å². The molecule has 5 heteroatoms. The molecule has 0 unspecified atom stereocenters. The second-order valence-electron chi connectivity index (χ2n) is 7.93. The minimum Gasteiger partial charge on any atom is -0.515 e. The summed E-state index contributed by atoms with van der Waals surface area (Å²) in [5, 5.41) is 9.35. The van der Waals surface area contributed by atoms with Gasteiger partial charge in [-0.25, -0.2) is 9.69 Å². The van der Waals surface area contributed by atoms with Gasteiger partial charge in [0, 0.05) is 6.42 Å². The molecule has 0 aliphatic carbocycles. The van der Waals surface area contributed by atoms with E-state index in [1.54, 1.807) is 20.8 Å². The molecule has 1 atom stereocenters. The van der Waals surface area contributed by atoms with Crippen molar-refractivity contribution in [1.82, 2.24) is 4.90 Å². The number of benzene rings is 2. The van der Waals surface area contributed by atoms with Gasteiger partial charge in [0.2, 0.25) is 0 Å². The molecule has 3 rings (SSSR count). The first-order valence-corrected chi connectivity index (χ1v) is 9.32. The van der Waals surface area contributed by atoms with Crippen LogP contribution in [0.1, 0.15) is 32.8 Å². The summed E-state index contributed by atoms with van der Waals surface area (Å²) in [5.74, 6) is -0.498. The van der Waals surface area contributed by atoms with Crippen molar-refractivity contribution in [3.05, 3.63) is 72.0 Å². The Labute approximate surface area is 165 Å². The van der Waals surface area contributed by atoms with Gasteiger partial charge >= 0.3 is 6.09 Å². The van der Waals surface area contributed by atoms with Crippen molar-refractivity contribution in [2.24, 2.45) is 0 Å². The molecule has 28 heavy (non-hydrogen) atoms. The molecular weight excluding hydrogens is 354 g/mol. The second kappa shape index (κ2) is 7.89. The number of amides is 2. The molecule has 1 aliphatic heterocycles. The van der Waals surface area contributed by atoms with Gasteiger partial charge in [-0.2, -0.15) is 0 Å². The minimum absolute atomic E-state index is 0.219. The van der Waals surface area contributed by atoms with Gasteiger partial charge in [-0.15, -0.1) is 0 Å². The third-order valence-corrected chi connectivity index (χ3v) is 4.59. The van der Waals surface area contributed by atoms with Crippen LogP contribution >= 0.6 is 0 Å². The lowest BCUT2D eigenvalue weighted by molar-refractivity contribution is -0.125. The van der Waals surface area contributed by atoms with E-state index >= 15 is 0 Å². The van der Waals surface area contributed by atoms with Gasteiger partial charge in [-0.1, -0.05) is 54.6 Å². The molecule has 1 heterocycles. The van der Waals surface area contributed by atoms with Crippen LogP contribution in [-0.4, -0.2) is 33.6 Å². The summed E-state index contributed by atoms with van der Waals surface area (Å²) in [6, 6.07) is 17.7. The molecule has 0 bridgehead atoms. The maximum absolute atomic E-state index is 12.5. The van der Waals surface area contributed by atoms with E-state index < -0.39 is 17.6 Å². The quantitative estimate of drug-likeness (QED) is 0.610. The molecule has 1 saturated heterocycles. The number of aliphatic hydroxyl groups excluding tert-OH is 1. The summed E-state index contributed by atoms with van der Waals surface area (Å²) in [7, 11) is 0. The fourth-order valence-electron chi connectivity index (χ4n) is 3.30. The van der Waals surface area contributed by atoms with Crippen LogP contribution in [0.5, 0.6) is 0 Å². The Kier molecular flexibility index (Phi) is 5.54. The zero-order chi connectivity index (χ0) is 20.3. The first-order chi connectivity index (χ1) is 13.3. The molecule has 0 saturated carbocycles. The Bertz CT molecular complexity index is 879. The average molecular weight is 379 g/mol. The molecule has 5 nitrogen and oxygen atoms in total. The zero-order valence-corrected chi connectivity index (χ0v) is 16.4. The summed E-state index contributed by atoms with van der Waals surface area (Å²) in [6.07, 6.45) is 0.908. The molecule has 0 aromatic heterocycles. The lowest BCUT2D eigenvalue weighted by atomic mass is 9.99. The maximum Gasteiger partial charge on any atom is 0.417 e. The van der Waals surface area contributed by atoms with Gasteiger partial charge in [0.15, 0.2) is 0 Å². The zero-order valence-electron chi connectivity index (χ0n) is 16.4. The van der Waals surface area contributed by atoms with Crippen LogP contribution in [0.15, 0.2) is 66.4 Å². The summed E-state index contributed by atoms with van der Waals surface area (Å²) in [5.41, 5.74) is 2.75. The topological polar surface area (TPSA) is 66.8 Å². The van der Waals surface area contributed by atoms with Gasteiger partial charge in [-0.05, 0) is 43.9 Å². The minimum atomic E-state index is -0.703. The first kappa shape index (κ1) is 19.7. The van der Waals surface area contributed by atoms with E-state index in [1.165, 1.54) is 0 Å². The Morgan fingerprint density at radius 2 is 1.71 bits per heavy atom. The number of carbonyl (C=O) groups excluding carboxylic acids is 2.